The van der Waals surface area contributed by atoms with E-state index in [2.05, 4.69) is 46.8 Å². The SMILES string of the molecule is Brc1ccc(-c2ccc(C=Nc3ccc4oc(-c5cncc(Br)c5)nc4c3)o2)cc1. The molecule has 146 valence electrons. The largest absolute Gasteiger partial charge is 0.455 e. The molecule has 0 unspecified atom stereocenters. The van der Waals surface area contributed by atoms with Crippen LogP contribution in [0.25, 0.3) is 33.9 Å². The minimum Gasteiger partial charge on any atom is -0.455 e. The third-order valence-electron chi connectivity index (χ3n) is 4.42. The van der Waals surface area contributed by atoms with Gasteiger partial charge in [0.25, 0.3) is 0 Å². The van der Waals surface area contributed by atoms with Crippen molar-refractivity contribution >= 4 is 54.9 Å². The molecule has 0 aliphatic carbocycles. The molecule has 0 spiro atoms. The third kappa shape index (κ3) is 3.99. The minimum atomic E-state index is 0.519. The zero-order chi connectivity index (χ0) is 20.5. The number of nitrogens with zero attached hydrogens (tertiary/aromatic N) is 3. The van der Waals surface area contributed by atoms with Gasteiger partial charge in [-0.15, -0.1) is 0 Å². The molecule has 3 heterocycles. The van der Waals surface area contributed by atoms with E-state index in [1.807, 2.05) is 60.7 Å². The number of aromatic nitrogens is 2. The van der Waals surface area contributed by atoms with Crippen LogP contribution < -0.4 is 0 Å². The van der Waals surface area contributed by atoms with E-state index >= 15 is 0 Å². The molecule has 0 N–H and O–H groups in total. The average Bonchev–Trinajstić information content (AvgIpc) is 3.39. The molecule has 0 saturated heterocycles. The van der Waals surface area contributed by atoms with Crippen molar-refractivity contribution in [2.75, 3.05) is 0 Å². The lowest BCUT2D eigenvalue weighted by atomic mass is 10.2. The van der Waals surface area contributed by atoms with Crippen molar-refractivity contribution in [3.8, 4) is 22.8 Å². The second kappa shape index (κ2) is 8.01. The summed E-state index contributed by atoms with van der Waals surface area (Å²) in [7, 11) is 0. The molecule has 3 aromatic heterocycles. The Morgan fingerprint density at radius 3 is 2.50 bits per heavy atom. The summed E-state index contributed by atoms with van der Waals surface area (Å²) in [4.78, 5) is 13.2. The maximum atomic E-state index is 5.88. The second-order valence-electron chi connectivity index (χ2n) is 6.53. The third-order valence-corrected chi connectivity index (χ3v) is 5.38. The molecule has 5 nitrogen and oxygen atoms in total. The Hall–Kier alpha value is -3.03. The van der Waals surface area contributed by atoms with Gasteiger partial charge in [-0.05, 0) is 64.5 Å². The van der Waals surface area contributed by atoms with Crippen molar-refractivity contribution in [3.63, 3.8) is 0 Å². The highest BCUT2D eigenvalue weighted by Crippen LogP contribution is 2.28. The van der Waals surface area contributed by atoms with Crippen LogP contribution in [0.1, 0.15) is 5.76 Å². The second-order valence-corrected chi connectivity index (χ2v) is 8.36. The summed E-state index contributed by atoms with van der Waals surface area (Å²) in [5.41, 5.74) is 4.00. The number of halogens is 2. The molecule has 2 aromatic carbocycles. The van der Waals surface area contributed by atoms with Gasteiger partial charge in [-0.2, -0.15) is 0 Å². The van der Waals surface area contributed by atoms with Crippen LogP contribution in [-0.4, -0.2) is 16.2 Å². The molecule has 30 heavy (non-hydrogen) atoms. The van der Waals surface area contributed by atoms with E-state index in [1.54, 1.807) is 18.6 Å². The van der Waals surface area contributed by atoms with Crippen molar-refractivity contribution in [2.24, 2.45) is 4.99 Å². The van der Waals surface area contributed by atoms with E-state index in [9.17, 15) is 0 Å². The van der Waals surface area contributed by atoms with Gasteiger partial charge in [0.15, 0.2) is 5.58 Å². The standard InChI is InChI=1S/C23H13Br2N3O2/c24-16-3-1-14(2-4-16)21-8-6-19(29-21)13-27-18-5-7-22-20(10-18)28-23(30-22)15-9-17(25)12-26-11-15/h1-13H. The van der Waals surface area contributed by atoms with Crippen molar-refractivity contribution in [1.82, 2.24) is 9.97 Å². The lowest BCUT2D eigenvalue weighted by molar-refractivity contribution is 0.575. The Bertz CT molecular complexity index is 1370. The highest BCUT2D eigenvalue weighted by atomic mass is 79.9. The van der Waals surface area contributed by atoms with Crippen LogP contribution in [0.4, 0.5) is 5.69 Å². The number of furan rings is 1. The van der Waals surface area contributed by atoms with Crippen molar-refractivity contribution < 1.29 is 8.83 Å². The van der Waals surface area contributed by atoms with E-state index in [0.29, 0.717) is 17.2 Å². The first-order valence-electron chi connectivity index (χ1n) is 9.05. The minimum absolute atomic E-state index is 0.519. The molecule has 5 rings (SSSR count). The number of benzene rings is 2. The topological polar surface area (TPSA) is 64.4 Å². The Morgan fingerprint density at radius 2 is 1.67 bits per heavy atom. The number of pyridine rings is 1. The quantitative estimate of drug-likeness (QED) is 0.230. The van der Waals surface area contributed by atoms with Gasteiger partial charge < -0.3 is 8.83 Å². The summed E-state index contributed by atoms with van der Waals surface area (Å²) in [6, 6.07) is 19.3. The Kier molecular flexibility index (Phi) is 5.06. The maximum Gasteiger partial charge on any atom is 0.228 e. The van der Waals surface area contributed by atoms with Gasteiger partial charge in [-0.25, -0.2) is 4.98 Å². The molecule has 5 aromatic rings. The molecule has 0 atom stereocenters. The van der Waals surface area contributed by atoms with Gasteiger partial charge in [0, 0.05) is 26.9 Å². The Balaban J connectivity index is 1.39. The van der Waals surface area contributed by atoms with Gasteiger partial charge in [0.05, 0.1) is 17.5 Å². The summed E-state index contributed by atoms with van der Waals surface area (Å²) in [5, 5.41) is 0. The first-order valence-corrected chi connectivity index (χ1v) is 10.6. The zero-order valence-electron chi connectivity index (χ0n) is 15.4. The number of fused-ring (bicyclic) bond motifs is 1. The van der Waals surface area contributed by atoms with Crippen LogP contribution in [0.5, 0.6) is 0 Å². The number of oxazole rings is 1. The van der Waals surface area contributed by atoms with Crippen LogP contribution in [0.2, 0.25) is 0 Å². The van der Waals surface area contributed by atoms with Crippen LogP contribution in [-0.2, 0) is 0 Å². The Morgan fingerprint density at radius 1 is 0.800 bits per heavy atom. The lowest BCUT2D eigenvalue weighted by Gasteiger charge is -1.96. The fraction of sp³-hybridized carbons (Fsp3) is 0. The summed E-state index contributed by atoms with van der Waals surface area (Å²) < 4.78 is 13.6. The maximum absolute atomic E-state index is 5.88. The summed E-state index contributed by atoms with van der Waals surface area (Å²) in [6.07, 6.45) is 5.13. The molecule has 7 heteroatoms. The highest BCUT2D eigenvalue weighted by Gasteiger charge is 2.10. The highest BCUT2D eigenvalue weighted by molar-refractivity contribution is 9.10. The smallest absolute Gasteiger partial charge is 0.228 e. The number of hydrogen-bond donors (Lipinski definition) is 0. The van der Waals surface area contributed by atoms with Gasteiger partial charge >= 0.3 is 0 Å². The van der Waals surface area contributed by atoms with Crippen LogP contribution in [0, 0.1) is 0 Å². The summed E-state index contributed by atoms with van der Waals surface area (Å²) in [5.74, 6) is 1.99. The first-order chi connectivity index (χ1) is 14.6. The van der Waals surface area contributed by atoms with Gasteiger partial charge in [0.2, 0.25) is 5.89 Å². The van der Waals surface area contributed by atoms with E-state index < -0.39 is 0 Å². The average molecular weight is 523 g/mol. The molecule has 0 saturated carbocycles. The molecule has 0 aliphatic heterocycles. The summed E-state index contributed by atoms with van der Waals surface area (Å²) >= 11 is 6.86. The monoisotopic (exact) mass is 521 g/mol. The van der Waals surface area contributed by atoms with Crippen molar-refractivity contribution in [1.29, 1.82) is 0 Å². The molecule has 0 bridgehead atoms. The molecular formula is C23H13Br2N3O2. The fourth-order valence-corrected chi connectivity index (χ4v) is 3.61. The lowest BCUT2D eigenvalue weighted by Crippen LogP contribution is -1.79. The van der Waals surface area contributed by atoms with Crippen LogP contribution in [0.15, 0.2) is 95.8 Å². The Labute approximate surface area is 188 Å². The predicted molar refractivity (Wildman–Crippen MR) is 124 cm³/mol. The zero-order valence-corrected chi connectivity index (χ0v) is 18.6. The molecule has 0 fully saturated rings. The van der Waals surface area contributed by atoms with E-state index in [4.69, 9.17) is 8.83 Å². The van der Waals surface area contributed by atoms with Gasteiger partial charge in [0.1, 0.15) is 17.0 Å². The molecule has 0 aliphatic rings. The van der Waals surface area contributed by atoms with E-state index in [1.165, 1.54) is 0 Å². The molecule has 0 radical (unpaired) electrons. The van der Waals surface area contributed by atoms with Gasteiger partial charge in [-0.1, -0.05) is 28.1 Å². The van der Waals surface area contributed by atoms with E-state index in [0.717, 1.165) is 37.0 Å². The normalized spacial score (nSPS) is 11.5. The molecule has 0 amide bonds. The van der Waals surface area contributed by atoms with E-state index in [-0.39, 0.29) is 0 Å². The number of rotatable bonds is 4. The number of aliphatic imine (C=N–C) groups is 1. The fourth-order valence-electron chi connectivity index (χ4n) is 2.98. The van der Waals surface area contributed by atoms with Crippen molar-refractivity contribution in [3.05, 3.63) is 87.8 Å². The summed E-state index contributed by atoms with van der Waals surface area (Å²) in [6.45, 7) is 0. The van der Waals surface area contributed by atoms with Gasteiger partial charge in [-0.3, -0.25) is 9.98 Å². The first kappa shape index (κ1) is 19.0. The number of hydrogen-bond acceptors (Lipinski definition) is 5. The van der Waals surface area contributed by atoms with Crippen molar-refractivity contribution in [2.45, 2.75) is 0 Å². The van der Waals surface area contributed by atoms with Crippen LogP contribution in [0.3, 0.4) is 0 Å². The van der Waals surface area contributed by atoms with Crippen LogP contribution >= 0.6 is 31.9 Å². The molecular weight excluding hydrogens is 510 g/mol. The predicted octanol–water partition coefficient (Wildman–Crippen LogP) is 7.43.